The van der Waals surface area contributed by atoms with Gasteiger partial charge in [-0.1, -0.05) is 0 Å². The zero-order valence-corrected chi connectivity index (χ0v) is 15.0. The first kappa shape index (κ1) is 16.9. The average molecular weight is 319 g/mol. The van der Waals surface area contributed by atoms with E-state index in [9.17, 15) is 0 Å². The predicted octanol–water partition coefficient (Wildman–Crippen LogP) is 2.25. The Bertz CT molecular complexity index is 244. The molecule has 118 valence electrons. The highest BCUT2D eigenvalue weighted by atomic mass is 33.1. The highest BCUT2D eigenvalue weighted by Gasteiger charge is 2.22. The van der Waals surface area contributed by atoms with Gasteiger partial charge in [-0.25, -0.2) is 8.61 Å². The van der Waals surface area contributed by atoms with Crippen LogP contribution >= 0.6 is 22.0 Å². The maximum Gasteiger partial charge on any atom is 0.0226 e. The van der Waals surface area contributed by atoms with E-state index in [1.54, 1.807) is 0 Å². The summed E-state index contributed by atoms with van der Waals surface area (Å²) in [5, 5.41) is 0. The Balaban J connectivity index is 1.60. The molecule has 0 aliphatic carbocycles. The van der Waals surface area contributed by atoms with Crippen molar-refractivity contribution in [3.63, 3.8) is 0 Å². The summed E-state index contributed by atoms with van der Waals surface area (Å²) in [6.07, 6.45) is 0. The standard InChI is InChI=1S/C14H30N4S2/c1-13(2)15-5-9-17(10-6-15)19-20-18-11-7-16(8-12-18)14(3)4/h13-14H,5-12H2,1-4H3. The molecule has 0 atom stereocenters. The van der Waals surface area contributed by atoms with Gasteiger partial charge in [-0.2, -0.15) is 0 Å². The third-order valence-electron chi connectivity index (χ3n) is 4.25. The van der Waals surface area contributed by atoms with Crippen LogP contribution in [0.3, 0.4) is 0 Å². The van der Waals surface area contributed by atoms with Crippen LogP contribution in [-0.2, 0) is 0 Å². The van der Waals surface area contributed by atoms with E-state index in [-0.39, 0.29) is 0 Å². The quantitative estimate of drug-likeness (QED) is 0.565. The van der Waals surface area contributed by atoms with Crippen LogP contribution in [0.2, 0.25) is 0 Å². The topological polar surface area (TPSA) is 13.0 Å². The van der Waals surface area contributed by atoms with Gasteiger partial charge in [0.2, 0.25) is 0 Å². The minimum Gasteiger partial charge on any atom is -0.298 e. The van der Waals surface area contributed by atoms with Crippen molar-refractivity contribution in [2.75, 3.05) is 52.4 Å². The molecule has 2 rings (SSSR count). The minimum atomic E-state index is 0.693. The van der Waals surface area contributed by atoms with Crippen LogP contribution in [0.5, 0.6) is 0 Å². The Morgan fingerprint density at radius 1 is 0.550 bits per heavy atom. The number of hydrogen-bond acceptors (Lipinski definition) is 6. The summed E-state index contributed by atoms with van der Waals surface area (Å²) in [6, 6.07) is 1.39. The number of nitrogens with zero attached hydrogens (tertiary/aromatic N) is 4. The third-order valence-corrected chi connectivity index (χ3v) is 6.93. The van der Waals surface area contributed by atoms with E-state index in [0.29, 0.717) is 12.1 Å². The van der Waals surface area contributed by atoms with Gasteiger partial charge >= 0.3 is 0 Å². The van der Waals surface area contributed by atoms with Gasteiger partial charge in [0.15, 0.2) is 0 Å². The van der Waals surface area contributed by atoms with Gasteiger partial charge < -0.3 is 0 Å². The second kappa shape index (κ2) is 8.25. The molecule has 2 heterocycles. The Kier molecular flexibility index (Phi) is 6.97. The lowest BCUT2D eigenvalue weighted by Gasteiger charge is -2.38. The number of rotatable bonds is 5. The predicted molar refractivity (Wildman–Crippen MR) is 91.7 cm³/mol. The van der Waals surface area contributed by atoms with Crippen LogP contribution in [0.15, 0.2) is 0 Å². The molecule has 4 nitrogen and oxygen atoms in total. The van der Waals surface area contributed by atoms with Crippen LogP contribution < -0.4 is 0 Å². The van der Waals surface area contributed by atoms with Gasteiger partial charge in [0, 0.05) is 86.4 Å². The largest absolute Gasteiger partial charge is 0.298 e. The fourth-order valence-electron chi connectivity index (χ4n) is 2.68. The Labute approximate surface area is 132 Å². The first-order chi connectivity index (χ1) is 9.56. The minimum absolute atomic E-state index is 0.693. The van der Waals surface area contributed by atoms with E-state index in [2.05, 4.69) is 46.1 Å². The fourth-order valence-corrected chi connectivity index (χ4v) is 4.96. The van der Waals surface area contributed by atoms with Crippen LogP contribution in [-0.4, -0.2) is 82.9 Å². The van der Waals surface area contributed by atoms with Crippen molar-refractivity contribution in [3.05, 3.63) is 0 Å². The molecule has 2 saturated heterocycles. The zero-order chi connectivity index (χ0) is 14.5. The van der Waals surface area contributed by atoms with E-state index < -0.39 is 0 Å². The highest BCUT2D eigenvalue weighted by Crippen LogP contribution is 2.31. The zero-order valence-electron chi connectivity index (χ0n) is 13.4. The van der Waals surface area contributed by atoms with Crippen LogP contribution in [0.4, 0.5) is 0 Å². The molecule has 0 N–H and O–H groups in total. The smallest absolute Gasteiger partial charge is 0.0226 e. The highest BCUT2D eigenvalue weighted by molar-refractivity contribution is 8.74. The molecule has 0 aromatic rings. The summed E-state index contributed by atoms with van der Waals surface area (Å²) in [5.41, 5.74) is 0. The van der Waals surface area contributed by atoms with Crippen LogP contribution in [0, 0.1) is 0 Å². The van der Waals surface area contributed by atoms with Crippen molar-refractivity contribution in [1.29, 1.82) is 0 Å². The molecular formula is C14H30N4S2. The van der Waals surface area contributed by atoms with Gasteiger partial charge in [0.1, 0.15) is 0 Å². The molecule has 2 aliphatic rings. The molecule has 0 saturated carbocycles. The molecule has 0 unspecified atom stereocenters. The number of hydrogen-bond donors (Lipinski definition) is 0. The summed E-state index contributed by atoms with van der Waals surface area (Å²) in [4.78, 5) is 5.15. The second-order valence-corrected chi connectivity index (χ2v) is 8.49. The van der Waals surface area contributed by atoms with E-state index in [1.165, 1.54) is 52.4 Å². The van der Waals surface area contributed by atoms with Crippen molar-refractivity contribution in [1.82, 2.24) is 18.4 Å². The van der Waals surface area contributed by atoms with Gasteiger partial charge in [-0.3, -0.25) is 9.80 Å². The first-order valence-corrected chi connectivity index (χ1v) is 9.95. The van der Waals surface area contributed by atoms with Gasteiger partial charge in [-0.15, -0.1) is 0 Å². The SMILES string of the molecule is CC(C)N1CCN(SSN2CCN(C(C)C)CC2)CC1. The first-order valence-electron chi connectivity index (χ1n) is 7.89. The molecule has 0 amide bonds. The molecule has 6 heteroatoms. The van der Waals surface area contributed by atoms with Crippen LogP contribution in [0.25, 0.3) is 0 Å². The summed E-state index contributed by atoms with van der Waals surface area (Å²) in [7, 11) is 3.92. The van der Waals surface area contributed by atoms with Crippen molar-refractivity contribution < 1.29 is 0 Å². The molecule has 2 fully saturated rings. The Hall–Kier alpha value is 0.540. The van der Waals surface area contributed by atoms with Gasteiger partial charge in [0.05, 0.1) is 0 Å². The summed E-state index contributed by atoms with van der Waals surface area (Å²) < 4.78 is 5.05. The molecule has 0 aromatic carbocycles. The van der Waals surface area contributed by atoms with E-state index in [0.717, 1.165) is 0 Å². The van der Waals surface area contributed by atoms with Crippen molar-refractivity contribution in [2.45, 2.75) is 39.8 Å². The maximum atomic E-state index is 2.57. The monoisotopic (exact) mass is 318 g/mol. The van der Waals surface area contributed by atoms with Crippen LogP contribution in [0.1, 0.15) is 27.7 Å². The Morgan fingerprint density at radius 2 is 0.850 bits per heavy atom. The molecule has 20 heavy (non-hydrogen) atoms. The third kappa shape index (κ3) is 5.07. The summed E-state index contributed by atoms with van der Waals surface area (Å²) in [6.45, 7) is 18.8. The molecule has 2 aliphatic heterocycles. The molecule has 0 spiro atoms. The van der Waals surface area contributed by atoms with Gasteiger partial charge in [-0.05, 0) is 27.7 Å². The van der Waals surface area contributed by atoms with E-state index >= 15 is 0 Å². The van der Waals surface area contributed by atoms with Gasteiger partial charge in [0.25, 0.3) is 0 Å². The molecule has 0 radical (unpaired) electrons. The molecular weight excluding hydrogens is 288 g/mol. The Morgan fingerprint density at radius 3 is 1.10 bits per heavy atom. The second-order valence-electron chi connectivity index (χ2n) is 6.27. The average Bonchev–Trinajstić information content (AvgIpc) is 2.46. The van der Waals surface area contributed by atoms with Crippen molar-refractivity contribution in [2.24, 2.45) is 0 Å². The lowest BCUT2D eigenvalue weighted by molar-refractivity contribution is 0.159. The van der Waals surface area contributed by atoms with Crippen molar-refractivity contribution >= 4 is 22.0 Å². The van der Waals surface area contributed by atoms with E-state index in [4.69, 9.17) is 0 Å². The number of piperazine rings is 2. The molecule has 0 bridgehead atoms. The molecule has 0 aromatic heterocycles. The maximum absolute atomic E-state index is 2.57. The summed E-state index contributed by atoms with van der Waals surface area (Å²) >= 11 is 0. The lowest BCUT2D eigenvalue weighted by atomic mass is 10.3. The normalized spacial score (nSPS) is 24.9. The van der Waals surface area contributed by atoms with E-state index in [1.807, 2.05) is 22.0 Å². The lowest BCUT2D eigenvalue weighted by Crippen LogP contribution is -2.47. The fraction of sp³-hybridized carbons (Fsp3) is 1.00. The van der Waals surface area contributed by atoms with Crippen molar-refractivity contribution in [3.8, 4) is 0 Å². The summed E-state index contributed by atoms with van der Waals surface area (Å²) in [5.74, 6) is 0.